The third kappa shape index (κ3) is 10.5. The van der Waals surface area contributed by atoms with Gasteiger partial charge < -0.3 is 10.1 Å². The van der Waals surface area contributed by atoms with E-state index >= 15 is 0 Å². The Hall–Kier alpha value is -2.22. The SMILES string of the molecule is CCCCNCC(=O)OCc1ccccc1.Cc1ccc(S(=O)(=O)O)cc1. The van der Waals surface area contributed by atoms with E-state index < -0.39 is 10.1 Å². The second kappa shape index (κ2) is 12.2. The molecule has 0 unspecified atom stereocenters. The Labute approximate surface area is 161 Å². The average molecular weight is 394 g/mol. The number of ether oxygens (including phenoxy) is 1. The predicted octanol–water partition coefficient (Wildman–Crippen LogP) is 3.36. The molecule has 27 heavy (non-hydrogen) atoms. The predicted molar refractivity (Wildman–Crippen MR) is 105 cm³/mol. The molecular weight excluding hydrogens is 366 g/mol. The number of carbonyl (C=O) groups excluding carboxylic acids is 1. The first-order valence-electron chi connectivity index (χ1n) is 8.77. The third-order valence-corrected chi connectivity index (χ3v) is 4.41. The van der Waals surface area contributed by atoms with E-state index in [0.717, 1.165) is 30.5 Å². The lowest BCUT2D eigenvalue weighted by Gasteiger charge is -2.05. The molecule has 0 spiro atoms. The lowest BCUT2D eigenvalue weighted by molar-refractivity contribution is -0.143. The van der Waals surface area contributed by atoms with Gasteiger partial charge in [-0.15, -0.1) is 0 Å². The molecule has 0 aliphatic heterocycles. The van der Waals surface area contributed by atoms with Gasteiger partial charge in [0.1, 0.15) is 6.61 Å². The first-order valence-corrected chi connectivity index (χ1v) is 10.2. The number of hydrogen-bond donors (Lipinski definition) is 2. The van der Waals surface area contributed by atoms with Crippen LogP contribution in [0.4, 0.5) is 0 Å². The van der Waals surface area contributed by atoms with Gasteiger partial charge in [0, 0.05) is 0 Å². The Morgan fingerprint density at radius 2 is 1.70 bits per heavy atom. The van der Waals surface area contributed by atoms with Crippen LogP contribution in [0.15, 0.2) is 59.5 Å². The summed E-state index contributed by atoms with van der Waals surface area (Å²) in [6.45, 7) is 5.49. The van der Waals surface area contributed by atoms with Crippen molar-refractivity contribution < 1.29 is 22.5 Å². The highest BCUT2D eigenvalue weighted by Crippen LogP contribution is 2.08. The topological polar surface area (TPSA) is 92.7 Å². The molecule has 0 heterocycles. The summed E-state index contributed by atoms with van der Waals surface area (Å²) in [5.74, 6) is -0.194. The van der Waals surface area contributed by atoms with Gasteiger partial charge in [-0.25, -0.2) is 0 Å². The molecule has 0 radical (unpaired) electrons. The van der Waals surface area contributed by atoms with Crippen LogP contribution < -0.4 is 5.32 Å². The maximum atomic E-state index is 11.3. The van der Waals surface area contributed by atoms with Gasteiger partial charge in [-0.2, -0.15) is 8.42 Å². The van der Waals surface area contributed by atoms with E-state index in [-0.39, 0.29) is 10.9 Å². The van der Waals surface area contributed by atoms with Gasteiger partial charge in [-0.1, -0.05) is 61.4 Å². The fourth-order valence-corrected chi connectivity index (χ4v) is 2.47. The smallest absolute Gasteiger partial charge is 0.320 e. The standard InChI is InChI=1S/C13H19NO2.C7H8O3S/c1-2-3-9-14-10-13(15)16-11-12-7-5-4-6-8-12;1-6-2-4-7(5-3-6)11(8,9)10/h4-8,14H,2-3,9-11H2,1H3;2-5H,1H3,(H,8,9,10). The van der Waals surface area contributed by atoms with Crippen molar-refractivity contribution in [2.45, 2.75) is 38.2 Å². The van der Waals surface area contributed by atoms with Crippen LogP contribution in [0, 0.1) is 6.92 Å². The van der Waals surface area contributed by atoms with Crippen molar-refractivity contribution in [2.24, 2.45) is 0 Å². The summed E-state index contributed by atoms with van der Waals surface area (Å²) in [4.78, 5) is 11.2. The number of benzene rings is 2. The van der Waals surface area contributed by atoms with Crippen molar-refractivity contribution in [3.8, 4) is 0 Å². The number of rotatable bonds is 8. The zero-order chi connectivity index (χ0) is 20.1. The Kier molecular flexibility index (Phi) is 10.3. The van der Waals surface area contributed by atoms with Gasteiger partial charge in [0.2, 0.25) is 0 Å². The van der Waals surface area contributed by atoms with Crippen molar-refractivity contribution in [1.29, 1.82) is 0 Å². The molecule has 6 nitrogen and oxygen atoms in total. The Bertz CT molecular complexity index is 774. The number of unbranched alkanes of at least 4 members (excludes halogenated alkanes) is 1. The monoisotopic (exact) mass is 393 g/mol. The van der Waals surface area contributed by atoms with E-state index in [1.807, 2.05) is 37.3 Å². The zero-order valence-corrected chi connectivity index (χ0v) is 16.5. The van der Waals surface area contributed by atoms with E-state index in [2.05, 4.69) is 12.2 Å². The maximum Gasteiger partial charge on any atom is 0.320 e. The van der Waals surface area contributed by atoms with Gasteiger partial charge in [0.25, 0.3) is 10.1 Å². The molecule has 0 aliphatic carbocycles. The maximum absolute atomic E-state index is 11.3. The quantitative estimate of drug-likeness (QED) is 0.406. The highest BCUT2D eigenvalue weighted by atomic mass is 32.2. The van der Waals surface area contributed by atoms with Crippen LogP contribution in [-0.2, 0) is 26.3 Å². The molecule has 2 aromatic carbocycles. The van der Waals surface area contributed by atoms with E-state index in [1.165, 1.54) is 12.1 Å². The first kappa shape index (κ1) is 22.8. The van der Waals surface area contributed by atoms with Gasteiger partial charge in [0.15, 0.2) is 0 Å². The molecule has 0 amide bonds. The Morgan fingerprint density at radius 1 is 1.07 bits per heavy atom. The minimum Gasteiger partial charge on any atom is -0.460 e. The van der Waals surface area contributed by atoms with Crippen LogP contribution >= 0.6 is 0 Å². The summed E-state index contributed by atoms with van der Waals surface area (Å²) in [5.41, 5.74) is 1.97. The van der Waals surface area contributed by atoms with E-state index in [4.69, 9.17) is 9.29 Å². The molecule has 0 saturated heterocycles. The summed E-state index contributed by atoms with van der Waals surface area (Å²) in [7, 11) is -4.02. The molecule has 0 saturated carbocycles. The fraction of sp³-hybridized carbons (Fsp3) is 0.350. The van der Waals surface area contributed by atoms with Crippen LogP contribution in [0.5, 0.6) is 0 Å². The van der Waals surface area contributed by atoms with Crippen molar-refractivity contribution in [2.75, 3.05) is 13.1 Å². The first-order chi connectivity index (χ1) is 12.8. The zero-order valence-electron chi connectivity index (χ0n) is 15.7. The van der Waals surface area contributed by atoms with E-state index in [9.17, 15) is 13.2 Å². The molecule has 0 atom stereocenters. The molecule has 0 aliphatic rings. The molecular formula is C20H27NO5S. The summed E-state index contributed by atoms with van der Waals surface area (Å²) < 4.78 is 34.7. The minimum absolute atomic E-state index is 0.0666. The summed E-state index contributed by atoms with van der Waals surface area (Å²) in [5, 5.41) is 3.05. The third-order valence-electron chi connectivity index (χ3n) is 3.54. The van der Waals surface area contributed by atoms with E-state index in [0.29, 0.717) is 13.2 Å². The average Bonchev–Trinajstić information content (AvgIpc) is 2.64. The highest BCUT2D eigenvalue weighted by molar-refractivity contribution is 7.85. The number of hydrogen-bond acceptors (Lipinski definition) is 5. The van der Waals surface area contributed by atoms with E-state index in [1.54, 1.807) is 12.1 Å². The van der Waals surface area contributed by atoms with Crippen LogP contribution in [0.25, 0.3) is 0 Å². The van der Waals surface area contributed by atoms with Crippen LogP contribution in [-0.4, -0.2) is 32.0 Å². The van der Waals surface area contributed by atoms with Crippen molar-refractivity contribution in [3.05, 3.63) is 65.7 Å². The second-order valence-electron chi connectivity index (χ2n) is 5.96. The van der Waals surface area contributed by atoms with Crippen LogP contribution in [0.3, 0.4) is 0 Å². The van der Waals surface area contributed by atoms with Crippen LogP contribution in [0.2, 0.25) is 0 Å². The van der Waals surface area contributed by atoms with Gasteiger partial charge >= 0.3 is 5.97 Å². The lowest BCUT2D eigenvalue weighted by Crippen LogP contribution is -2.25. The molecule has 2 rings (SSSR count). The Balaban J connectivity index is 0.000000289. The van der Waals surface area contributed by atoms with Crippen molar-refractivity contribution in [3.63, 3.8) is 0 Å². The van der Waals surface area contributed by atoms with Crippen LogP contribution in [0.1, 0.15) is 30.9 Å². The van der Waals surface area contributed by atoms with Gasteiger partial charge in [-0.05, 0) is 37.6 Å². The van der Waals surface area contributed by atoms with Crippen molar-refractivity contribution >= 4 is 16.1 Å². The Morgan fingerprint density at radius 3 is 2.26 bits per heavy atom. The van der Waals surface area contributed by atoms with Crippen molar-refractivity contribution in [1.82, 2.24) is 5.32 Å². The molecule has 7 heteroatoms. The fourth-order valence-electron chi connectivity index (χ4n) is 1.99. The molecule has 0 fully saturated rings. The molecule has 2 N–H and O–H groups in total. The summed E-state index contributed by atoms with van der Waals surface area (Å²) in [6, 6.07) is 15.7. The normalized spacial score (nSPS) is 10.6. The van der Waals surface area contributed by atoms with Gasteiger partial charge in [-0.3, -0.25) is 9.35 Å². The number of aryl methyl sites for hydroxylation is 1. The lowest BCUT2D eigenvalue weighted by atomic mass is 10.2. The molecule has 148 valence electrons. The summed E-state index contributed by atoms with van der Waals surface area (Å²) >= 11 is 0. The number of nitrogens with one attached hydrogen (secondary N) is 1. The largest absolute Gasteiger partial charge is 0.460 e. The van der Waals surface area contributed by atoms with Gasteiger partial charge in [0.05, 0.1) is 11.4 Å². The molecule has 2 aromatic rings. The summed E-state index contributed by atoms with van der Waals surface area (Å²) in [6.07, 6.45) is 2.22. The number of carbonyl (C=O) groups is 1. The molecule has 0 bridgehead atoms. The second-order valence-corrected chi connectivity index (χ2v) is 7.39. The minimum atomic E-state index is -4.02. The number of esters is 1. The highest BCUT2D eigenvalue weighted by Gasteiger charge is 2.06. The molecule has 0 aromatic heterocycles.